The number of aromatic nitrogens is 2. The van der Waals surface area contributed by atoms with Gasteiger partial charge in [0, 0.05) is 25.8 Å². The van der Waals surface area contributed by atoms with Gasteiger partial charge in [-0.05, 0) is 38.2 Å². The number of aryl methyl sites for hydroxylation is 2. The van der Waals surface area contributed by atoms with Crippen molar-refractivity contribution < 1.29 is 9.90 Å². The zero-order valence-electron chi connectivity index (χ0n) is 11.1. The molecule has 1 saturated heterocycles. The maximum atomic E-state index is 11.4. The minimum atomic E-state index is -0.369. The van der Waals surface area contributed by atoms with E-state index in [2.05, 4.69) is 11.2 Å². The summed E-state index contributed by atoms with van der Waals surface area (Å²) in [7, 11) is 1.98. The first-order chi connectivity index (χ1) is 8.60. The third-order valence-corrected chi connectivity index (χ3v) is 3.70. The highest BCUT2D eigenvalue weighted by atomic mass is 16.3. The molecule has 1 amide bonds. The Hall–Kier alpha value is -1.36. The van der Waals surface area contributed by atoms with Crippen molar-refractivity contribution in [1.82, 2.24) is 14.7 Å². The van der Waals surface area contributed by atoms with E-state index in [1.54, 1.807) is 4.90 Å². The Kier molecular flexibility index (Phi) is 4.01. The average molecular weight is 251 g/mol. The smallest absolute Gasteiger partial charge is 0.248 e. The summed E-state index contributed by atoms with van der Waals surface area (Å²) in [5.41, 5.74) is 2.32. The van der Waals surface area contributed by atoms with Gasteiger partial charge in [-0.1, -0.05) is 0 Å². The topological polar surface area (TPSA) is 58.4 Å². The molecule has 0 aromatic carbocycles. The van der Waals surface area contributed by atoms with Gasteiger partial charge in [0.25, 0.3) is 0 Å². The summed E-state index contributed by atoms with van der Waals surface area (Å²) in [5, 5.41) is 13.2. The first-order valence-electron chi connectivity index (χ1n) is 6.48. The second kappa shape index (κ2) is 5.52. The number of rotatable bonds is 3. The van der Waals surface area contributed by atoms with E-state index < -0.39 is 0 Å². The van der Waals surface area contributed by atoms with E-state index in [0.717, 1.165) is 38.0 Å². The molecular formula is C13H21N3O2. The molecule has 100 valence electrons. The van der Waals surface area contributed by atoms with Crippen LogP contribution in [0.1, 0.15) is 24.2 Å². The maximum absolute atomic E-state index is 11.4. The molecule has 5 nitrogen and oxygen atoms in total. The van der Waals surface area contributed by atoms with Crippen molar-refractivity contribution in [3.05, 3.63) is 17.5 Å². The predicted octanol–water partition coefficient (Wildman–Crippen LogP) is 0.502. The van der Waals surface area contributed by atoms with Crippen LogP contribution in [-0.4, -0.2) is 45.4 Å². The Morgan fingerprint density at radius 3 is 2.67 bits per heavy atom. The van der Waals surface area contributed by atoms with Gasteiger partial charge in [-0.3, -0.25) is 9.48 Å². The number of likely N-dealkylation sites (tertiary alicyclic amines) is 1. The predicted molar refractivity (Wildman–Crippen MR) is 68.0 cm³/mol. The molecule has 2 heterocycles. The fourth-order valence-electron chi connectivity index (χ4n) is 2.64. The highest BCUT2D eigenvalue weighted by Crippen LogP contribution is 2.21. The van der Waals surface area contributed by atoms with Crippen LogP contribution < -0.4 is 0 Å². The molecule has 0 spiro atoms. The van der Waals surface area contributed by atoms with Crippen LogP contribution in [0.3, 0.4) is 0 Å². The third kappa shape index (κ3) is 2.90. The Balaban J connectivity index is 1.87. The molecule has 1 aliphatic heterocycles. The Labute approximate surface area is 107 Å². The molecule has 0 unspecified atom stereocenters. The Bertz CT molecular complexity index is 420. The van der Waals surface area contributed by atoms with Crippen LogP contribution in [0, 0.1) is 12.8 Å². The standard InChI is InChI=1S/C13H21N3O2/c1-10-7-12(15(2)14-10)8-11-3-5-16(6-4-11)13(18)9-17/h7,11,17H,3-6,8-9H2,1-2H3. The summed E-state index contributed by atoms with van der Waals surface area (Å²) in [4.78, 5) is 13.1. The number of hydrogen-bond acceptors (Lipinski definition) is 3. The minimum absolute atomic E-state index is 0.148. The summed E-state index contributed by atoms with van der Waals surface area (Å²) in [6, 6.07) is 2.13. The second-order valence-electron chi connectivity index (χ2n) is 5.09. The number of carbonyl (C=O) groups is 1. The lowest BCUT2D eigenvalue weighted by atomic mass is 9.92. The summed E-state index contributed by atoms with van der Waals surface area (Å²) >= 11 is 0. The van der Waals surface area contributed by atoms with Crippen molar-refractivity contribution in [2.75, 3.05) is 19.7 Å². The molecule has 1 fully saturated rings. The van der Waals surface area contributed by atoms with Gasteiger partial charge in [-0.25, -0.2) is 0 Å². The van der Waals surface area contributed by atoms with Gasteiger partial charge >= 0.3 is 0 Å². The molecule has 0 saturated carbocycles. The summed E-state index contributed by atoms with van der Waals surface area (Å²) < 4.78 is 1.95. The van der Waals surface area contributed by atoms with Crippen molar-refractivity contribution >= 4 is 5.91 Å². The summed E-state index contributed by atoms with van der Waals surface area (Å²) in [6.45, 7) is 3.17. The summed E-state index contributed by atoms with van der Waals surface area (Å²) in [5.74, 6) is 0.465. The van der Waals surface area contributed by atoms with Crippen molar-refractivity contribution in [2.24, 2.45) is 13.0 Å². The zero-order chi connectivity index (χ0) is 13.1. The van der Waals surface area contributed by atoms with Gasteiger partial charge in [0.2, 0.25) is 5.91 Å². The first kappa shape index (κ1) is 13.1. The monoisotopic (exact) mass is 251 g/mol. The number of carbonyl (C=O) groups excluding carboxylic acids is 1. The van der Waals surface area contributed by atoms with Gasteiger partial charge in [-0.2, -0.15) is 5.10 Å². The van der Waals surface area contributed by atoms with Crippen LogP contribution in [0.15, 0.2) is 6.07 Å². The molecule has 0 atom stereocenters. The number of hydrogen-bond donors (Lipinski definition) is 1. The van der Waals surface area contributed by atoms with Gasteiger partial charge in [-0.15, -0.1) is 0 Å². The van der Waals surface area contributed by atoms with Crippen LogP contribution in [0.25, 0.3) is 0 Å². The fraction of sp³-hybridized carbons (Fsp3) is 0.692. The van der Waals surface area contributed by atoms with Crippen molar-refractivity contribution in [1.29, 1.82) is 0 Å². The summed E-state index contributed by atoms with van der Waals surface area (Å²) in [6.07, 6.45) is 3.05. The van der Waals surface area contributed by atoms with E-state index >= 15 is 0 Å². The normalized spacial score (nSPS) is 17.2. The lowest BCUT2D eigenvalue weighted by Crippen LogP contribution is -2.40. The second-order valence-corrected chi connectivity index (χ2v) is 5.09. The third-order valence-electron chi connectivity index (χ3n) is 3.70. The van der Waals surface area contributed by atoms with E-state index in [1.807, 2.05) is 18.7 Å². The molecular weight excluding hydrogens is 230 g/mol. The maximum Gasteiger partial charge on any atom is 0.248 e. The van der Waals surface area contributed by atoms with Crippen molar-refractivity contribution in [3.8, 4) is 0 Å². The number of nitrogens with zero attached hydrogens (tertiary/aromatic N) is 3. The first-order valence-corrected chi connectivity index (χ1v) is 6.48. The molecule has 1 aromatic rings. The average Bonchev–Trinajstić information content (AvgIpc) is 2.68. The fourth-order valence-corrected chi connectivity index (χ4v) is 2.64. The van der Waals surface area contributed by atoms with Gasteiger partial charge in [0.05, 0.1) is 5.69 Å². The van der Waals surface area contributed by atoms with Gasteiger partial charge in [0.1, 0.15) is 6.61 Å². The largest absolute Gasteiger partial charge is 0.387 e. The lowest BCUT2D eigenvalue weighted by Gasteiger charge is -2.31. The van der Waals surface area contributed by atoms with E-state index in [1.165, 1.54) is 5.69 Å². The molecule has 1 aliphatic rings. The van der Waals surface area contributed by atoms with Crippen LogP contribution in [-0.2, 0) is 18.3 Å². The molecule has 0 aliphatic carbocycles. The number of piperidine rings is 1. The van der Waals surface area contributed by atoms with E-state index in [-0.39, 0.29) is 12.5 Å². The number of amides is 1. The van der Waals surface area contributed by atoms with E-state index in [9.17, 15) is 4.79 Å². The van der Waals surface area contributed by atoms with Crippen LogP contribution in [0.5, 0.6) is 0 Å². The highest BCUT2D eigenvalue weighted by molar-refractivity contribution is 5.77. The quantitative estimate of drug-likeness (QED) is 0.851. The number of aliphatic hydroxyl groups is 1. The van der Waals surface area contributed by atoms with Gasteiger partial charge < -0.3 is 10.0 Å². The molecule has 1 aromatic heterocycles. The number of aliphatic hydroxyl groups excluding tert-OH is 1. The zero-order valence-corrected chi connectivity index (χ0v) is 11.1. The SMILES string of the molecule is Cc1cc(CC2CCN(C(=O)CO)CC2)n(C)n1. The minimum Gasteiger partial charge on any atom is -0.387 e. The van der Waals surface area contributed by atoms with Crippen LogP contribution in [0.2, 0.25) is 0 Å². The molecule has 1 N–H and O–H groups in total. The molecule has 2 rings (SSSR count). The van der Waals surface area contributed by atoms with E-state index in [0.29, 0.717) is 5.92 Å². The Morgan fingerprint density at radius 1 is 1.50 bits per heavy atom. The van der Waals surface area contributed by atoms with Crippen LogP contribution in [0.4, 0.5) is 0 Å². The molecule has 18 heavy (non-hydrogen) atoms. The van der Waals surface area contributed by atoms with Crippen molar-refractivity contribution in [3.63, 3.8) is 0 Å². The molecule has 5 heteroatoms. The highest BCUT2D eigenvalue weighted by Gasteiger charge is 2.23. The van der Waals surface area contributed by atoms with Crippen molar-refractivity contribution in [2.45, 2.75) is 26.2 Å². The molecule has 0 bridgehead atoms. The van der Waals surface area contributed by atoms with Gasteiger partial charge in [0.15, 0.2) is 0 Å². The van der Waals surface area contributed by atoms with E-state index in [4.69, 9.17) is 5.11 Å². The lowest BCUT2D eigenvalue weighted by molar-refractivity contribution is -0.135. The van der Waals surface area contributed by atoms with Crippen LogP contribution >= 0.6 is 0 Å². The Morgan fingerprint density at radius 2 is 2.17 bits per heavy atom. The molecule has 0 radical (unpaired) electrons.